The van der Waals surface area contributed by atoms with Gasteiger partial charge in [-0.15, -0.1) is 0 Å². The first-order chi connectivity index (χ1) is 14.1. The third-order valence-electron chi connectivity index (χ3n) is 4.14. The summed E-state index contributed by atoms with van der Waals surface area (Å²) in [7, 11) is 3.06. The number of fused-ring (bicyclic) bond motifs is 1. The van der Waals surface area contributed by atoms with Gasteiger partial charge in [0.05, 0.1) is 31.6 Å². The molecule has 0 spiro atoms. The van der Waals surface area contributed by atoms with E-state index in [0.29, 0.717) is 40.2 Å². The second-order valence-electron chi connectivity index (χ2n) is 6.14. The van der Waals surface area contributed by atoms with Gasteiger partial charge in [-0.05, 0) is 25.1 Å². The number of rotatable bonds is 6. The number of hydrogen-bond donors (Lipinski definition) is 3. The van der Waals surface area contributed by atoms with E-state index in [2.05, 4.69) is 30.6 Å². The van der Waals surface area contributed by atoms with Crippen LogP contribution < -0.4 is 25.9 Å². The van der Waals surface area contributed by atoms with Gasteiger partial charge in [-0.2, -0.15) is 4.98 Å². The second kappa shape index (κ2) is 7.50. The van der Waals surface area contributed by atoms with Crippen LogP contribution in [-0.4, -0.2) is 34.2 Å². The first-order valence-electron chi connectivity index (χ1n) is 8.64. The van der Waals surface area contributed by atoms with E-state index in [-0.39, 0.29) is 0 Å². The Kier molecular flexibility index (Phi) is 4.73. The molecule has 0 saturated heterocycles. The van der Waals surface area contributed by atoms with Crippen LogP contribution >= 0.6 is 0 Å². The van der Waals surface area contributed by atoms with Crippen molar-refractivity contribution in [1.82, 2.24) is 19.9 Å². The summed E-state index contributed by atoms with van der Waals surface area (Å²) in [5.74, 6) is 1.37. The molecule has 0 unspecified atom stereocenters. The maximum Gasteiger partial charge on any atom is 0.417 e. The monoisotopic (exact) mass is 394 g/mol. The fraction of sp³-hybridized carbons (Fsp3) is 0.158. The van der Waals surface area contributed by atoms with Crippen LogP contribution in [0.3, 0.4) is 0 Å². The zero-order valence-corrected chi connectivity index (χ0v) is 15.9. The van der Waals surface area contributed by atoms with E-state index >= 15 is 0 Å². The predicted octanol–water partition coefficient (Wildman–Crippen LogP) is 3.12. The molecule has 0 saturated carbocycles. The van der Waals surface area contributed by atoms with E-state index in [1.54, 1.807) is 36.7 Å². The third kappa shape index (κ3) is 3.81. The second-order valence-corrected chi connectivity index (χ2v) is 6.14. The quantitative estimate of drug-likeness (QED) is 0.452. The summed E-state index contributed by atoms with van der Waals surface area (Å²) < 4.78 is 15.4. The zero-order chi connectivity index (χ0) is 20.4. The number of pyridine rings is 1. The van der Waals surface area contributed by atoms with Crippen molar-refractivity contribution in [2.24, 2.45) is 0 Å². The fourth-order valence-electron chi connectivity index (χ4n) is 2.72. The highest BCUT2D eigenvalue weighted by atomic mass is 16.5. The number of nitrogens with one attached hydrogen (secondary N) is 3. The molecule has 3 N–H and O–H groups in total. The molecule has 1 aromatic carbocycles. The van der Waals surface area contributed by atoms with E-state index in [9.17, 15) is 4.79 Å². The van der Waals surface area contributed by atoms with Crippen LogP contribution in [0.1, 0.15) is 5.56 Å². The number of aromatic amines is 1. The number of aryl methyl sites for hydroxylation is 1. The predicted molar refractivity (Wildman–Crippen MR) is 108 cm³/mol. The summed E-state index contributed by atoms with van der Waals surface area (Å²) in [5, 5.41) is 6.32. The van der Waals surface area contributed by atoms with Crippen molar-refractivity contribution in [1.29, 1.82) is 0 Å². The van der Waals surface area contributed by atoms with E-state index < -0.39 is 5.76 Å². The van der Waals surface area contributed by atoms with Gasteiger partial charge >= 0.3 is 5.76 Å². The molecule has 3 aromatic heterocycles. The third-order valence-corrected chi connectivity index (χ3v) is 4.14. The maximum absolute atomic E-state index is 11.3. The number of ether oxygens (including phenoxy) is 2. The number of benzene rings is 1. The van der Waals surface area contributed by atoms with Gasteiger partial charge in [-0.3, -0.25) is 4.98 Å². The number of oxazole rings is 1. The SMILES string of the molecule is COc1cc(Nc2ncc(C)c(Nc3ccc4oc(=O)[nH]c4c3)n2)cnc1OC. The van der Waals surface area contributed by atoms with E-state index in [0.717, 1.165) is 11.3 Å². The minimum absolute atomic E-state index is 0.380. The van der Waals surface area contributed by atoms with Gasteiger partial charge in [0, 0.05) is 23.5 Å². The Balaban J connectivity index is 1.59. The summed E-state index contributed by atoms with van der Waals surface area (Å²) >= 11 is 0. The molecule has 0 bridgehead atoms. The summed E-state index contributed by atoms with van der Waals surface area (Å²) in [6.45, 7) is 1.89. The lowest BCUT2D eigenvalue weighted by Gasteiger charge is -2.12. The molecule has 29 heavy (non-hydrogen) atoms. The highest BCUT2D eigenvalue weighted by Crippen LogP contribution is 2.28. The summed E-state index contributed by atoms with van der Waals surface area (Å²) in [6.07, 6.45) is 3.30. The van der Waals surface area contributed by atoms with E-state index in [4.69, 9.17) is 13.9 Å². The van der Waals surface area contributed by atoms with Gasteiger partial charge in [0.15, 0.2) is 11.3 Å². The normalized spacial score (nSPS) is 10.7. The fourth-order valence-corrected chi connectivity index (χ4v) is 2.72. The Bertz CT molecular complexity index is 1230. The van der Waals surface area contributed by atoms with Crippen molar-refractivity contribution >= 4 is 34.2 Å². The number of hydrogen-bond acceptors (Lipinski definition) is 9. The highest BCUT2D eigenvalue weighted by molar-refractivity contribution is 5.78. The van der Waals surface area contributed by atoms with Gasteiger partial charge in [-0.1, -0.05) is 0 Å². The highest BCUT2D eigenvalue weighted by Gasteiger charge is 2.10. The summed E-state index contributed by atoms with van der Waals surface area (Å²) in [5.41, 5.74) is 3.33. The van der Waals surface area contributed by atoms with Crippen molar-refractivity contribution in [3.63, 3.8) is 0 Å². The molecule has 3 heterocycles. The standard InChI is InChI=1S/C19H18N6O4/c1-10-8-21-18(23-12-7-15(27-2)17(28-3)20-9-12)25-16(10)22-11-4-5-14-13(6-11)24-19(26)29-14/h4-9H,1-3H3,(H,24,26)(H2,21,22,23,25). The number of aromatic nitrogens is 4. The lowest BCUT2D eigenvalue weighted by molar-refractivity contribution is 0.343. The molecule has 148 valence electrons. The average molecular weight is 394 g/mol. The van der Waals surface area contributed by atoms with Gasteiger partial charge in [0.1, 0.15) is 5.82 Å². The minimum atomic E-state index is -0.495. The van der Waals surface area contributed by atoms with Crippen LogP contribution in [0, 0.1) is 6.92 Å². The van der Waals surface area contributed by atoms with E-state index in [1.807, 2.05) is 6.92 Å². The molecule has 0 aliphatic heterocycles. The van der Waals surface area contributed by atoms with Gasteiger partial charge in [0.2, 0.25) is 5.95 Å². The number of H-pyrrole nitrogens is 1. The topological polar surface area (TPSA) is 127 Å². The van der Waals surface area contributed by atoms with Gasteiger partial charge in [0.25, 0.3) is 5.88 Å². The Morgan fingerprint density at radius 3 is 2.69 bits per heavy atom. The minimum Gasteiger partial charge on any atom is -0.491 e. The molecule has 0 fully saturated rings. The summed E-state index contributed by atoms with van der Waals surface area (Å²) in [4.78, 5) is 27.0. The van der Waals surface area contributed by atoms with Crippen LogP contribution in [0.4, 0.5) is 23.1 Å². The maximum atomic E-state index is 11.3. The molecule has 0 atom stereocenters. The molecule has 4 aromatic rings. The number of anilines is 4. The molecule has 4 rings (SSSR count). The van der Waals surface area contributed by atoms with E-state index in [1.165, 1.54) is 14.2 Å². The van der Waals surface area contributed by atoms with Gasteiger partial charge in [-0.25, -0.2) is 14.8 Å². The van der Waals surface area contributed by atoms with Crippen LogP contribution in [-0.2, 0) is 0 Å². The van der Waals surface area contributed by atoms with Crippen molar-refractivity contribution < 1.29 is 13.9 Å². The van der Waals surface area contributed by atoms with Crippen LogP contribution in [0.15, 0.2) is 45.9 Å². The summed E-state index contributed by atoms with van der Waals surface area (Å²) in [6, 6.07) is 7.02. The van der Waals surface area contributed by atoms with Crippen LogP contribution in [0.25, 0.3) is 11.1 Å². The molecular weight excluding hydrogens is 376 g/mol. The molecule has 0 radical (unpaired) electrons. The Morgan fingerprint density at radius 2 is 1.90 bits per heavy atom. The zero-order valence-electron chi connectivity index (χ0n) is 15.9. The molecule has 0 aliphatic carbocycles. The molecule has 0 amide bonds. The van der Waals surface area contributed by atoms with Crippen molar-refractivity contribution in [2.75, 3.05) is 24.9 Å². The van der Waals surface area contributed by atoms with Crippen LogP contribution in [0.2, 0.25) is 0 Å². The Labute approximate surface area is 164 Å². The first-order valence-corrected chi connectivity index (χ1v) is 8.64. The molecule has 10 heteroatoms. The Morgan fingerprint density at radius 1 is 1.03 bits per heavy atom. The average Bonchev–Trinajstić information content (AvgIpc) is 3.09. The molecule has 0 aliphatic rings. The lowest BCUT2D eigenvalue weighted by atomic mass is 10.2. The number of nitrogens with zero attached hydrogens (tertiary/aromatic N) is 3. The Hall–Kier alpha value is -4.08. The van der Waals surface area contributed by atoms with Crippen LogP contribution in [0.5, 0.6) is 11.6 Å². The van der Waals surface area contributed by atoms with Crippen molar-refractivity contribution in [3.05, 3.63) is 52.8 Å². The first kappa shape index (κ1) is 18.3. The lowest BCUT2D eigenvalue weighted by Crippen LogP contribution is -2.03. The van der Waals surface area contributed by atoms with Crippen molar-refractivity contribution in [2.45, 2.75) is 6.92 Å². The van der Waals surface area contributed by atoms with Crippen molar-refractivity contribution in [3.8, 4) is 11.6 Å². The number of methoxy groups -OCH3 is 2. The molecular formula is C19H18N6O4. The van der Waals surface area contributed by atoms with Gasteiger partial charge < -0.3 is 24.5 Å². The smallest absolute Gasteiger partial charge is 0.417 e. The largest absolute Gasteiger partial charge is 0.491 e. The molecule has 10 nitrogen and oxygen atoms in total.